The zero-order valence-corrected chi connectivity index (χ0v) is 21.4. The summed E-state index contributed by atoms with van der Waals surface area (Å²) in [6.07, 6.45) is -0.0937. The maximum Gasteiger partial charge on any atom is 0.409 e. The summed E-state index contributed by atoms with van der Waals surface area (Å²) in [5, 5.41) is 3.01. The average Bonchev–Trinajstić information content (AvgIpc) is 3.25. The number of nitrogens with one attached hydrogen (secondary N) is 2. The van der Waals surface area contributed by atoms with Gasteiger partial charge in [-0.25, -0.2) is 22.4 Å². The molecule has 0 saturated carbocycles. The van der Waals surface area contributed by atoms with Crippen molar-refractivity contribution in [1.29, 1.82) is 0 Å². The Morgan fingerprint density at radius 3 is 2.30 bits per heavy atom. The van der Waals surface area contributed by atoms with Crippen LogP contribution in [0.5, 0.6) is 0 Å². The highest BCUT2D eigenvalue weighted by molar-refractivity contribution is 7.92. The fraction of sp³-hybridized carbons (Fsp3) is 0.208. The highest BCUT2D eigenvalue weighted by atomic mass is 32.2. The molecule has 0 spiro atoms. The Morgan fingerprint density at radius 1 is 1.00 bits per heavy atom. The minimum atomic E-state index is -3.95. The molecule has 0 aliphatic carbocycles. The third-order valence-electron chi connectivity index (χ3n) is 5.63. The highest BCUT2D eigenvalue weighted by Gasteiger charge is 2.31. The number of amides is 2. The van der Waals surface area contributed by atoms with E-state index in [0.717, 1.165) is 29.1 Å². The second-order valence-electron chi connectivity index (χ2n) is 7.93. The number of nitrogens with zero attached hydrogens (tertiary/aromatic N) is 1. The van der Waals surface area contributed by atoms with Crippen LogP contribution in [0.2, 0.25) is 0 Å². The zero-order chi connectivity index (χ0) is 26.7. The number of esters is 1. The van der Waals surface area contributed by atoms with E-state index < -0.39 is 33.8 Å². The molecule has 1 aliphatic rings. The number of halogens is 1. The number of fused-ring (bicyclic) bond motifs is 1. The van der Waals surface area contributed by atoms with Crippen LogP contribution in [0.1, 0.15) is 31.2 Å². The molecule has 13 heteroatoms. The Kier molecular flexibility index (Phi) is 7.45. The molecule has 0 radical (unpaired) electrons. The first-order chi connectivity index (χ1) is 17.6. The maximum atomic E-state index is 13.1. The van der Waals surface area contributed by atoms with Crippen LogP contribution in [0.3, 0.4) is 0 Å². The summed E-state index contributed by atoms with van der Waals surface area (Å²) in [7, 11) is -1.42. The smallest absolute Gasteiger partial charge is 0.409 e. The van der Waals surface area contributed by atoms with Gasteiger partial charge in [-0.15, -0.1) is 11.3 Å². The first kappa shape index (κ1) is 26.1. The summed E-state index contributed by atoms with van der Waals surface area (Å²) >= 11 is 1.17. The number of thiophene rings is 1. The molecule has 0 saturated heterocycles. The average molecular weight is 548 g/mol. The minimum absolute atomic E-state index is 0.113. The number of hydrogen-bond acceptors (Lipinski definition) is 8. The molecule has 2 aromatic carbocycles. The molecular formula is C24H22FN3O7S2. The van der Waals surface area contributed by atoms with Crippen molar-refractivity contribution in [2.75, 3.05) is 30.8 Å². The van der Waals surface area contributed by atoms with Crippen LogP contribution >= 0.6 is 11.3 Å². The SMILES string of the molecule is COC(=O)c1c(NC(=O)c2ccc(NS(=O)(=O)c3ccc(F)cc3)cc2)sc2c1CCN(C(=O)OC)C2. The first-order valence-electron chi connectivity index (χ1n) is 10.9. The molecule has 3 aromatic rings. The van der Waals surface area contributed by atoms with Gasteiger partial charge in [0.05, 0.1) is 31.2 Å². The molecule has 194 valence electrons. The number of hydrogen-bond donors (Lipinski definition) is 2. The van der Waals surface area contributed by atoms with Gasteiger partial charge in [-0.3, -0.25) is 9.52 Å². The fourth-order valence-electron chi connectivity index (χ4n) is 3.79. The Balaban J connectivity index is 1.52. The van der Waals surface area contributed by atoms with Crippen molar-refractivity contribution in [2.24, 2.45) is 0 Å². The van der Waals surface area contributed by atoms with Gasteiger partial charge in [0.25, 0.3) is 15.9 Å². The summed E-state index contributed by atoms with van der Waals surface area (Å²) in [5.41, 5.74) is 1.36. The number of sulfonamides is 1. The molecule has 2 heterocycles. The Labute approximate surface area is 216 Å². The van der Waals surface area contributed by atoms with Crippen molar-refractivity contribution in [2.45, 2.75) is 17.9 Å². The van der Waals surface area contributed by atoms with Crippen molar-refractivity contribution >= 4 is 50.0 Å². The van der Waals surface area contributed by atoms with Gasteiger partial charge in [0, 0.05) is 22.7 Å². The van der Waals surface area contributed by atoms with Crippen molar-refractivity contribution < 1.29 is 36.7 Å². The van der Waals surface area contributed by atoms with E-state index in [2.05, 4.69) is 10.0 Å². The number of carbonyl (C=O) groups is 3. The van der Waals surface area contributed by atoms with Crippen LogP contribution in [0.25, 0.3) is 0 Å². The third-order valence-corrected chi connectivity index (χ3v) is 8.16. The van der Waals surface area contributed by atoms with Crippen molar-refractivity contribution in [3.63, 3.8) is 0 Å². The van der Waals surface area contributed by atoms with Crippen LogP contribution < -0.4 is 10.0 Å². The Bertz CT molecular complexity index is 1450. The maximum absolute atomic E-state index is 13.1. The fourth-order valence-corrected chi connectivity index (χ4v) is 6.09. The molecular weight excluding hydrogens is 525 g/mol. The van der Waals surface area contributed by atoms with Crippen molar-refractivity contribution in [3.05, 3.63) is 75.9 Å². The molecule has 4 rings (SSSR count). The number of carbonyl (C=O) groups excluding carboxylic acids is 3. The topological polar surface area (TPSA) is 131 Å². The van der Waals surface area contributed by atoms with E-state index in [1.807, 2.05) is 0 Å². The van der Waals surface area contributed by atoms with Gasteiger partial charge < -0.3 is 19.7 Å². The normalized spacial score (nSPS) is 12.9. The van der Waals surface area contributed by atoms with Crippen LogP contribution in [0.4, 0.5) is 19.9 Å². The molecule has 2 amide bonds. The van der Waals surface area contributed by atoms with Gasteiger partial charge in [-0.05, 0) is 60.5 Å². The monoisotopic (exact) mass is 547 g/mol. The standard InChI is InChI=1S/C24H22FN3O7S2/c1-34-23(30)20-18-11-12-28(24(31)35-2)13-19(18)36-22(20)26-21(29)14-3-7-16(8-4-14)27-37(32,33)17-9-5-15(25)6-10-17/h3-10,27H,11-13H2,1-2H3,(H,26,29). The predicted octanol–water partition coefficient (Wildman–Crippen LogP) is 3.85. The molecule has 1 aliphatic heterocycles. The van der Waals surface area contributed by atoms with E-state index in [9.17, 15) is 27.2 Å². The number of anilines is 2. The molecule has 1 aromatic heterocycles. The first-order valence-corrected chi connectivity index (χ1v) is 13.2. The lowest BCUT2D eigenvalue weighted by molar-refractivity contribution is 0.0600. The second kappa shape index (κ2) is 10.6. The lowest BCUT2D eigenvalue weighted by atomic mass is 10.0. The van der Waals surface area contributed by atoms with Gasteiger partial charge in [-0.1, -0.05) is 0 Å². The second-order valence-corrected chi connectivity index (χ2v) is 10.7. The van der Waals surface area contributed by atoms with Gasteiger partial charge >= 0.3 is 12.1 Å². The van der Waals surface area contributed by atoms with E-state index in [0.29, 0.717) is 18.5 Å². The number of benzene rings is 2. The number of methoxy groups -OCH3 is 2. The van der Waals surface area contributed by atoms with Crippen LogP contribution in [-0.2, 0) is 32.5 Å². The number of rotatable bonds is 6. The predicted molar refractivity (Wildman–Crippen MR) is 134 cm³/mol. The minimum Gasteiger partial charge on any atom is -0.465 e. The summed E-state index contributed by atoms with van der Waals surface area (Å²) < 4.78 is 50.1. The van der Waals surface area contributed by atoms with Crippen LogP contribution in [-0.4, -0.2) is 52.1 Å². The lowest BCUT2D eigenvalue weighted by Crippen LogP contribution is -2.35. The quantitative estimate of drug-likeness (QED) is 0.448. The van der Waals surface area contributed by atoms with Crippen LogP contribution in [0.15, 0.2) is 53.4 Å². The molecule has 0 fully saturated rings. The molecule has 0 unspecified atom stereocenters. The van der Waals surface area contributed by atoms with Crippen molar-refractivity contribution in [1.82, 2.24) is 4.90 Å². The lowest BCUT2D eigenvalue weighted by Gasteiger charge is -2.25. The van der Waals surface area contributed by atoms with E-state index in [1.165, 1.54) is 54.7 Å². The van der Waals surface area contributed by atoms with Crippen LogP contribution in [0, 0.1) is 5.82 Å². The molecule has 0 bridgehead atoms. The summed E-state index contributed by atoms with van der Waals surface area (Å²) in [6, 6.07) is 10.0. The summed E-state index contributed by atoms with van der Waals surface area (Å²) in [6.45, 7) is 0.582. The van der Waals surface area contributed by atoms with Gasteiger partial charge in [0.15, 0.2) is 0 Å². The van der Waals surface area contributed by atoms with Gasteiger partial charge in [0.1, 0.15) is 10.8 Å². The summed E-state index contributed by atoms with van der Waals surface area (Å²) in [4.78, 5) is 39.5. The van der Waals surface area contributed by atoms with Crippen molar-refractivity contribution in [3.8, 4) is 0 Å². The van der Waals surface area contributed by atoms with E-state index >= 15 is 0 Å². The highest BCUT2D eigenvalue weighted by Crippen LogP contribution is 2.38. The molecule has 2 N–H and O–H groups in total. The Hall–Kier alpha value is -3.97. The van der Waals surface area contributed by atoms with E-state index in [-0.39, 0.29) is 33.3 Å². The van der Waals surface area contributed by atoms with E-state index in [1.54, 1.807) is 0 Å². The summed E-state index contributed by atoms with van der Waals surface area (Å²) in [5.74, 6) is -1.69. The molecule has 0 atom stereocenters. The van der Waals surface area contributed by atoms with E-state index in [4.69, 9.17) is 9.47 Å². The largest absolute Gasteiger partial charge is 0.465 e. The Morgan fingerprint density at radius 2 is 1.68 bits per heavy atom. The zero-order valence-electron chi connectivity index (χ0n) is 19.7. The number of ether oxygens (including phenoxy) is 2. The third kappa shape index (κ3) is 5.57. The molecule has 10 nitrogen and oxygen atoms in total. The van der Waals surface area contributed by atoms with Gasteiger partial charge in [-0.2, -0.15) is 0 Å². The van der Waals surface area contributed by atoms with Gasteiger partial charge in [0.2, 0.25) is 0 Å². The molecule has 37 heavy (non-hydrogen) atoms.